The largest absolute Gasteiger partial charge is 0.348 e. The molecule has 1 aliphatic rings. The smallest absolute Gasteiger partial charge is 0.271 e. The van der Waals surface area contributed by atoms with Crippen molar-refractivity contribution in [1.29, 1.82) is 0 Å². The Kier molecular flexibility index (Phi) is 4.70. The fourth-order valence-corrected chi connectivity index (χ4v) is 2.63. The van der Waals surface area contributed by atoms with Crippen molar-refractivity contribution in [3.05, 3.63) is 54.4 Å². The number of aromatic nitrogens is 3. The second kappa shape index (κ2) is 7.09. The van der Waals surface area contributed by atoms with Crippen LogP contribution in [0.2, 0.25) is 0 Å². The molecule has 1 amide bonds. The first-order valence-corrected chi connectivity index (χ1v) is 7.50. The van der Waals surface area contributed by atoms with Gasteiger partial charge in [-0.05, 0) is 25.0 Å². The van der Waals surface area contributed by atoms with Crippen LogP contribution in [0.3, 0.4) is 0 Å². The first-order chi connectivity index (χ1) is 10.8. The third kappa shape index (κ3) is 3.85. The van der Waals surface area contributed by atoms with Crippen molar-refractivity contribution < 1.29 is 4.79 Å². The summed E-state index contributed by atoms with van der Waals surface area (Å²) in [7, 11) is 0. The first-order valence-electron chi connectivity index (χ1n) is 7.50. The van der Waals surface area contributed by atoms with Gasteiger partial charge >= 0.3 is 0 Å². The molecule has 0 radical (unpaired) electrons. The molecule has 0 spiro atoms. The Morgan fingerprint density at radius 1 is 1.18 bits per heavy atom. The summed E-state index contributed by atoms with van der Waals surface area (Å²) in [6.07, 6.45) is 8.30. The molecule has 1 saturated heterocycles. The van der Waals surface area contributed by atoms with Gasteiger partial charge in [0, 0.05) is 44.3 Å². The molecule has 6 heteroatoms. The zero-order valence-electron chi connectivity index (χ0n) is 12.4. The summed E-state index contributed by atoms with van der Waals surface area (Å²) in [6, 6.07) is 6.19. The lowest BCUT2D eigenvalue weighted by Gasteiger charge is -2.32. The molecule has 2 aromatic heterocycles. The van der Waals surface area contributed by atoms with Crippen LogP contribution in [0.1, 0.15) is 29.0 Å². The van der Waals surface area contributed by atoms with Crippen LogP contribution in [0.25, 0.3) is 0 Å². The van der Waals surface area contributed by atoms with Gasteiger partial charge in [-0.3, -0.25) is 19.7 Å². The highest BCUT2D eigenvalue weighted by Gasteiger charge is 2.21. The lowest BCUT2D eigenvalue weighted by Crippen LogP contribution is -2.44. The molecule has 2 aromatic rings. The van der Waals surface area contributed by atoms with Gasteiger partial charge in [-0.15, -0.1) is 0 Å². The van der Waals surface area contributed by atoms with Gasteiger partial charge in [0.1, 0.15) is 5.69 Å². The average Bonchev–Trinajstić information content (AvgIpc) is 2.58. The van der Waals surface area contributed by atoms with E-state index in [4.69, 9.17) is 0 Å². The number of carbonyl (C=O) groups is 1. The molecule has 6 nitrogen and oxygen atoms in total. The summed E-state index contributed by atoms with van der Waals surface area (Å²) in [5.74, 6) is -0.142. The van der Waals surface area contributed by atoms with Crippen molar-refractivity contribution in [1.82, 2.24) is 25.2 Å². The number of hydrogen-bond donors (Lipinski definition) is 1. The molecule has 1 N–H and O–H groups in total. The monoisotopic (exact) mass is 297 g/mol. The Balaban J connectivity index is 1.47. The van der Waals surface area contributed by atoms with Crippen LogP contribution in [0.15, 0.2) is 43.0 Å². The van der Waals surface area contributed by atoms with E-state index in [2.05, 4.69) is 25.2 Å². The summed E-state index contributed by atoms with van der Waals surface area (Å²) >= 11 is 0. The number of carbonyl (C=O) groups excluding carboxylic acids is 1. The Morgan fingerprint density at radius 3 is 2.73 bits per heavy atom. The van der Waals surface area contributed by atoms with E-state index in [1.165, 1.54) is 12.4 Å². The molecule has 0 atom stereocenters. The molecular weight excluding hydrogens is 278 g/mol. The fourth-order valence-electron chi connectivity index (χ4n) is 2.63. The van der Waals surface area contributed by atoms with E-state index < -0.39 is 0 Å². The SMILES string of the molecule is O=C(NC1CCN(Cc2ccccn2)CC1)c1cnccn1. The zero-order chi connectivity index (χ0) is 15.2. The summed E-state index contributed by atoms with van der Waals surface area (Å²) in [5.41, 5.74) is 1.46. The third-order valence-corrected chi connectivity index (χ3v) is 3.83. The number of piperidine rings is 1. The molecule has 3 heterocycles. The van der Waals surface area contributed by atoms with Gasteiger partial charge in [0.05, 0.1) is 11.9 Å². The third-order valence-electron chi connectivity index (χ3n) is 3.83. The van der Waals surface area contributed by atoms with Gasteiger partial charge in [0.2, 0.25) is 0 Å². The Morgan fingerprint density at radius 2 is 2.05 bits per heavy atom. The molecule has 3 rings (SSSR count). The quantitative estimate of drug-likeness (QED) is 0.920. The van der Waals surface area contributed by atoms with Gasteiger partial charge in [0.25, 0.3) is 5.91 Å². The molecule has 0 aliphatic carbocycles. The van der Waals surface area contributed by atoms with Crippen molar-refractivity contribution >= 4 is 5.91 Å². The zero-order valence-corrected chi connectivity index (χ0v) is 12.4. The molecule has 114 valence electrons. The van der Waals surface area contributed by atoms with Crippen molar-refractivity contribution in [2.24, 2.45) is 0 Å². The number of amides is 1. The minimum Gasteiger partial charge on any atom is -0.348 e. The summed E-state index contributed by atoms with van der Waals surface area (Å²) in [4.78, 5) is 26.7. The minimum atomic E-state index is -0.142. The number of hydrogen-bond acceptors (Lipinski definition) is 5. The molecular formula is C16H19N5O. The topological polar surface area (TPSA) is 71.0 Å². The molecule has 0 bridgehead atoms. The number of pyridine rings is 1. The lowest BCUT2D eigenvalue weighted by atomic mass is 10.0. The van der Waals surface area contributed by atoms with E-state index in [1.54, 1.807) is 6.20 Å². The molecule has 1 fully saturated rings. The van der Waals surface area contributed by atoms with E-state index in [0.29, 0.717) is 5.69 Å². The van der Waals surface area contributed by atoms with E-state index >= 15 is 0 Å². The Hall–Kier alpha value is -2.34. The molecule has 0 aromatic carbocycles. The predicted molar refractivity (Wildman–Crippen MR) is 82.0 cm³/mol. The van der Waals surface area contributed by atoms with Gasteiger partial charge < -0.3 is 5.32 Å². The molecule has 0 unspecified atom stereocenters. The summed E-state index contributed by atoms with van der Waals surface area (Å²) in [6.45, 7) is 2.79. The van der Waals surface area contributed by atoms with E-state index in [9.17, 15) is 4.79 Å². The number of likely N-dealkylation sites (tertiary alicyclic amines) is 1. The highest BCUT2D eigenvalue weighted by molar-refractivity contribution is 5.92. The number of nitrogens with one attached hydrogen (secondary N) is 1. The number of nitrogens with zero attached hydrogens (tertiary/aromatic N) is 4. The van der Waals surface area contributed by atoms with E-state index in [1.807, 2.05) is 24.4 Å². The van der Waals surface area contributed by atoms with Gasteiger partial charge in [-0.1, -0.05) is 6.07 Å². The maximum absolute atomic E-state index is 12.0. The molecule has 22 heavy (non-hydrogen) atoms. The van der Waals surface area contributed by atoms with Crippen LogP contribution in [-0.2, 0) is 6.54 Å². The van der Waals surface area contributed by atoms with Gasteiger partial charge in [-0.25, -0.2) is 4.98 Å². The van der Waals surface area contributed by atoms with Crippen molar-refractivity contribution in [3.8, 4) is 0 Å². The second-order valence-corrected chi connectivity index (χ2v) is 5.44. The maximum atomic E-state index is 12.0. The van der Waals surface area contributed by atoms with Crippen LogP contribution < -0.4 is 5.32 Å². The molecule has 1 aliphatic heterocycles. The van der Waals surface area contributed by atoms with Crippen LogP contribution in [0.5, 0.6) is 0 Å². The van der Waals surface area contributed by atoms with E-state index in [0.717, 1.165) is 38.2 Å². The number of rotatable bonds is 4. The van der Waals surface area contributed by atoms with Crippen LogP contribution in [0, 0.1) is 0 Å². The maximum Gasteiger partial charge on any atom is 0.271 e. The average molecular weight is 297 g/mol. The van der Waals surface area contributed by atoms with Crippen LogP contribution in [0.4, 0.5) is 0 Å². The standard InChI is InChI=1S/C16H19N5O/c22-16(15-11-17-7-8-19-15)20-13-4-9-21(10-5-13)12-14-3-1-2-6-18-14/h1-3,6-8,11,13H,4-5,9-10,12H2,(H,20,22). The normalized spacial score (nSPS) is 16.4. The van der Waals surface area contributed by atoms with Crippen molar-refractivity contribution in [3.63, 3.8) is 0 Å². The van der Waals surface area contributed by atoms with Crippen LogP contribution >= 0.6 is 0 Å². The van der Waals surface area contributed by atoms with E-state index in [-0.39, 0.29) is 11.9 Å². The highest BCUT2D eigenvalue weighted by Crippen LogP contribution is 2.13. The predicted octanol–water partition coefficient (Wildman–Crippen LogP) is 1.27. The summed E-state index contributed by atoms with van der Waals surface area (Å²) < 4.78 is 0. The fraction of sp³-hybridized carbons (Fsp3) is 0.375. The Bertz CT molecular complexity index is 596. The van der Waals surface area contributed by atoms with Crippen molar-refractivity contribution in [2.75, 3.05) is 13.1 Å². The highest BCUT2D eigenvalue weighted by atomic mass is 16.1. The first kappa shape index (κ1) is 14.6. The summed E-state index contributed by atoms with van der Waals surface area (Å²) in [5, 5.41) is 3.04. The van der Waals surface area contributed by atoms with Gasteiger partial charge in [0.15, 0.2) is 0 Å². The van der Waals surface area contributed by atoms with Crippen LogP contribution in [-0.4, -0.2) is 44.9 Å². The van der Waals surface area contributed by atoms with Gasteiger partial charge in [-0.2, -0.15) is 0 Å². The minimum absolute atomic E-state index is 0.142. The second-order valence-electron chi connectivity index (χ2n) is 5.44. The molecule has 0 saturated carbocycles. The Labute approximate surface area is 129 Å². The lowest BCUT2D eigenvalue weighted by molar-refractivity contribution is 0.0903. The van der Waals surface area contributed by atoms with Crippen molar-refractivity contribution in [2.45, 2.75) is 25.4 Å².